The van der Waals surface area contributed by atoms with E-state index in [0.717, 1.165) is 0 Å². The molecule has 0 aromatic rings. The summed E-state index contributed by atoms with van der Waals surface area (Å²) in [5, 5.41) is 2.30. The number of ether oxygens (including phenoxy) is 1. The van der Waals surface area contributed by atoms with Crippen LogP contribution < -0.4 is 11.1 Å². The van der Waals surface area contributed by atoms with Crippen LogP contribution in [0.4, 0.5) is 4.79 Å². The molecule has 0 rings (SSSR count). The number of carbonyl (C=O) groups excluding carboxylic acids is 2. The number of amides is 2. The van der Waals surface area contributed by atoms with E-state index in [1.165, 1.54) is 0 Å². The fourth-order valence-electron chi connectivity index (χ4n) is 0.671. The average molecular weight is 186 g/mol. The van der Waals surface area contributed by atoms with Crippen molar-refractivity contribution in [1.82, 2.24) is 5.32 Å². The Morgan fingerprint density at radius 3 is 2.31 bits per heavy atom. The second kappa shape index (κ2) is 5.18. The second-order valence-electron chi connectivity index (χ2n) is 2.46. The number of primary amides is 1. The maximum absolute atomic E-state index is 11.1. The molecule has 0 saturated carbocycles. The summed E-state index contributed by atoms with van der Waals surface area (Å²) in [4.78, 5) is 21.5. The zero-order valence-electron chi connectivity index (χ0n) is 8.01. The highest BCUT2D eigenvalue weighted by Crippen LogP contribution is 2.02. The number of urea groups is 1. The third-order valence-electron chi connectivity index (χ3n) is 1.45. The van der Waals surface area contributed by atoms with Crippen LogP contribution in [0.2, 0.25) is 0 Å². The predicted octanol–water partition coefficient (Wildman–Crippen LogP) is 0.512. The number of allylic oxidation sites excluding steroid dienone is 1. The normalized spacial score (nSPS) is 11.6. The predicted molar refractivity (Wildman–Crippen MR) is 47.7 cm³/mol. The molecule has 0 atom stereocenters. The first-order chi connectivity index (χ1) is 5.99. The lowest BCUT2D eigenvalue weighted by atomic mass is 10.2. The summed E-state index contributed by atoms with van der Waals surface area (Å²) in [6.07, 6.45) is 0. The molecule has 0 aliphatic rings. The molecule has 3 N–H and O–H groups in total. The van der Waals surface area contributed by atoms with E-state index in [9.17, 15) is 9.59 Å². The van der Waals surface area contributed by atoms with Gasteiger partial charge in [-0.25, -0.2) is 9.59 Å². The van der Waals surface area contributed by atoms with Gasteiger partial charge in [-0.2, -0.15) is 0 Å². The molecule has 0 aliphatic carbocycles. The van der Waals surface area contributed by atoms with Gasteiger partial charge < -0.3 is 15.8 Å². The van der Waals surface area contributed by atoms with Crippen molar-refractivity contribution in [2.24, 2.45) is 5.73 Å². The number of hydrogen-bond donors (Lipinski definition) is 2. The van der Waals surface area contributed by atoms with Crippen LogP contribution in [0.3, 0.4) is 0 Å². The van der Waals surface area contributed by atoms with Gasteiger partial charge in [0.15, 0.2) is 0 Å². The standard InChI is InChI=1S/C8H14N2O3/c1-4-13-7(11)5(2)6(3)10-8(9)12/h4H2,1-3H3,(H3,9,10,12). The molecule has 5 nitrogen and oxygen atoms in total. The minimum Gasteiger partial charge on any atom is -0.463 e. The van der Waals surface area contributed by atoms with E-state index in [4.69, 9.17) is 10.5 Å². The molecule has 2 amide bonds. The van der Waals surface area contributed by atoms with E-state index in [-0.39, 0.29) is 0 Å². The maximum Gasteiger partial charge on any atom is 0.335 e. The highest BCUT2D eigenvalue weighted by Gasteiger charge is 2.08. The summed E-state index contributed by atoms with van der Waals surface area (Å²) < 4.78 is 4.72. The number of hydrogen-bond acceptors (Lipinski definition) is 3. The van der Waals surface area contributed by atoms with Crippen molar-refractivity contribution < 1.29 is 14.3 Å². The molecule has 0 radical (unpaired) electrons. The van der Waals surface area contributed by atoms with E-state index in [1.807, 2.05) is 0 Å². The molecule has 0 aromatic carbocycles. The summed E-state index contributed by atoms with van der Waals surface area (Å²) in [7, 11) is 0. The lowest BCUT2D eigenvalue weighted by Gasteiger charge is -2.06. The summed E-state index contributed by atoms with van der Waals surface area (Å²) in [5.74, 6) is -0.450. The van der Waals surface area contributed by atoms with Gasteiger partial charge >= 0.3 is 12.0 Å². The van der Waals surface area contributed by atoms with Crippen molar-refractivity contribution in [1.29, 1.82) is 0 Å². The van der Waals surface area contributed by atoms with Gasteiger partial charge in [0.25, 0.3) is 0 Å². The molecule has 0 fully saturated rings. The van der Waals surface area contributed by atoms with Crippen LogP contribution in [0.5, 0.6) is 0 Å². The molecule has 74 valence electrons. The maximum atomic E-state index is 11.1. The highest BCUT2D eigenvalue weighted by atomic mass is 16.5. The zero-order chi connectivity index (χ0) is 10.4. The Hall–Kier alpha value is -1.52. The van der Waals surface area contributed by atoms with Crippen LogP contribution in [-0.2, 0) is 9.53 Å². The van der Waals surface area contributed by atoms with E-state index in [0.29, 0.717) is 17.9 Å². The average Bonchev–Trinajstić information content (AvgIpc) is 2.02. The van der Waals surface area contributed by atoms with E-state index in [2.05, 4.69) is 5.32 Å². The molecule has 0 aliphatic heterocycles. The van der Waals surface area contributed by atoms with Crippen molar-refractivity contribution in [2.75, 3.05) is 6.61 Å². The van der Waals surface area contributed by atoms with Crippen molar-refractivity contribution in [2.45, 2.75) is 20.8 Å². The molecule has 0 unspecified atom stereocenters. The van der Waals surface area contributed by atoms with Gasteiger partial charge in [0.05, 0.1) is 12.2 Å². The monoisotopic (exact) mass is 186 g/mol. The lowest BCUT2D eigenvalue weighted by Crippen LogP contribution is -2.29. The van der Waals surface area contributed by atoms with Crippen molar-refractivity contribution >= 4 is 12.0 Å². The van der Waals surface area contributed by atoms with Crippen LogP contribution in [0.1, 0.15) is 20.8 Å². The van der Waals surface area contributed by atoms with Crippen LogP contribution in [0.25, 0.3) is 0 Å². The van der Waals surface area contributed by atoms with E-state index < -0.39 is 12.0 Å². The molecule has 13 heavy (non-hydrogen) atoms. The largest absolute Gasteiger partial charge is 0.463 e. The molecular weight excluding hydrogens is 172 g/mol. The minimum atomic E-state index is -0.693. The highest BCUT2D eigenvalue weighted by molar-refractivity contribution is 5.89. The van der Waals surface area contributed by atoms with Gasteiger partial charge in [-0.05, 0) is 20.8 Å². The molecule has 0 bridgehead atoms. The first kappa shape index (κ1) is 11.5. The first-order valence-corrected chi connectivity index (χ1v) is 3.90. The second-order valence-corrected chi connectivity index (χ2v) is 2.46. The number of rotatable bonds is 3. The van der Waals surface area contributed by atoms with Crippen molar-refractivity contribution in [3.05, 3.63) is 11.3 Å². The third kappa shape index (κ3) is 4.15. The molecule has 0 heterocycles. The van der Waals surface area contributed by atoms with Crippen molar-refractivity contribution in [3.8, 4) is 0 Å². The zero-order valence-corrected chi connectivity index (χ0v) is 8.01. The SMILES string of the molecule is CCOC(=O)C(C)=C(C)NC(N)=O. The number of esters is 1. The van der Waals surface area contributed by atoms with Crippen LogP contribution in [0, 0.1) is 0 Å². The van der Waals surface area contributed by atoms with E-state index in [1.54, 1.807) is 20.8 Å². The van der Waals surface area contributed by atoms with Gasteiger partial charge in [0, 0.05) is 5.70 Å². The van der Waals surface area contributed by atoms with Gasteiger partial charge in [0.2, 0.25) is 0 Å². The Morgan fingerprint density at radius 2 is 1.92 bits per heavy atom. The Kier molecular flexibility index (Phi) is 4.58. The molecule has 0 saturated heterocycles. The summed E-state index contributed by atoms with van der Waals surface area (Å²) in [5.41, 5.74) is 5.63. The number of carbonyl (C=O) groups is 2. The Labute approximate surface area is 76.9 Å². The van der Waals surface area contributed by atoms with Gasteiger partial charge in [-0.1, -0.05) is 0 Å². The Bertz CT molecular complexity index is 246. The van der Waals surface area contributed by atoms with Gasteiger partial charge in [-0.15, -0.1) is 0 Å². The van der Waals surface area contributed by atoms with Crippen LogP contribution >= 0.6 is 0 Å². The third-order valence-corrected chi connectivity index (χ3v) is 1.45. The Balaban J connectivity index is 4.41. The Morgan fingerprint density at radius 1 is 1.38 bits per heavy atom. The van der Waals surface area contributed by atoms with Crippen LogP contribution in [-0.4, -0.2) is 18.6 Å². The lowest BCUT2D eigenvalue weighted by molar-refractivity contribution is -0.138. The summed E-state index contributed by atoms with van der Waals surface area (Å²) in [6.45, 7) is 5.16. The summed E-state index contributed by atoms with van der Waals surface area (Å²) >= 11 is 0. The first-order valence-electron chi connectivity index (χ1n) is 3.90. The molecule has 5 heteroatoms. The number of nitrogens with one attached hydrogen (secondary N) is 1. The minimum absolute atomic E-state index is 0.306. The smallest absolute Gasteiger partial charge is 0.335 e. The van der Waals surface area contributed by atoms with Crippen LogP contribution in [0.15, 0.2) is 11.3 Å². The molecular formula is C8H14N2O3. The fraction of sp³-hybridized carbons (Fsp3) is 0.500. The van der Waals surface area contributed by atoms with E-state index >= 15 is 0 Å². The molecule has 0 aromatic heterocycles. The topological polar surface area (TPSA) is 81.4 Å². The quantitative estimate of drug-likeness (QED) is 0.497. The fourth-order valence-corrected chi connectivity index (χ4v) is 0.671. The summed E-state index contributed by atoms with van der Waals surface area (Å²) in [6, 6.07) is -0.693. The van der Waals surface area contributed by atoms with Gasteiger partial charge in [-0.3, -0.25) is 0 Å². The van der Waals surface area contributed by atoms with Crippen molar-refractivity contribution in [3.63, 3.8) is 0 Å². The molecule has 0 spiro atoms. The van der Waals surface area contributed by atoms with Gasteiger partial charge in [0.1, 0.15) is 0 Å². The number of nitrogens with two attached hydrogens (primary N) is 1.